The molecule has 7 heteroatoms. The molecule has 1 rings (SSSR count). The summed E-state index contributed by atoms with van der Waals surface area (Å²) >= 11 is 2.91. The van der Waals surface area contributed by atoms with Gasteiger partial charge in [0, 0.05) is 11.0 Å². The topological polar surface area (TPSA) is 66.4 Å². The summed E-state index contributed by atoms with van der Waals surface area (Å²) in [5, 5.41) is 11.3. The number of nitrogens with one attached hydrogen (secondary N) is 1. The van der Waals surface area contributed by atoms with Crippen molar-refractivity contribution in [3.63, 3.8) is 0 Å². The van der Waals surface area contributed by atoms with E-state index in [4.69, 9.17) is 5.11 Å². The summed E-state index contributed by atoms with van der Waals surface area (Å²) in [5.41, 5.74) is -1.91. The van der Waals surface area contributed by atoms with Crippen molar-refractivity contribution in [2.45, 2.75) is 20.3 Å². The van der Waals surface area contributed by atoms with Gasteiger partial charge in [-0.25, -0.2) is 8.78 Å². The fraction of sp³-hybridized carbons (Fsp3) is 0.385. The van der Waals surface area contributed by atoms with Crippen LogP contribution in [0.5, 0.6) is 0 Å². The molecule has 0 aliphatic heterocycles. The van der Waals surface area contributed by atoms with Gasteiger partial charge in [0.05, 0.1) is 5.41 Å². The van der Waals surface area contributed by atoms with Crippen molar-refractivity contribution in [3.05, 3.63) is 33.8 Å². The van der Waals surface area contributed by atoms with Crippen LogP contribution in [0.1, 0.15) is 30.6 Å². The van der Waals surface area contributed by atoms with Crippen molar-refractivity contribution in [1.29, 1.82) is 0 Å². The summed E-state index contributed by atoms with van der Waals surface area (Å²) in [7, 11) is 0. The molecule has 20 heavy (non-hydrogen) atoms. The summed E-state index contributed by atoms with van der Waals surface area (Å²) in [6.07, 6.45) is 0.272. The number of carboxylic acid groups (broad SMARTS) is 1. The second-order valence-electron chi connectivity index (χ2n) is 4.65. The Kier molecular flexibility index (Phi) is 5.21. The van der Waals surface area contributed by atoms with E-state index < -0.39 is 34.5 Å². The SMILES string of the molecule is CCC(C)(CNC(=O)c1c(F)cc(Br)cc1F)C(=O)O. The summed E-state index contributed by atoms with van der Waals surface area (Å²) in [4.78, 5) is 22.9. The Morgan fingerprint density at radius 2 is 1.85 bits per heavy atom. The van der Waals surface area contributed by atoms with Crippen molar-refractivity contribution in [1.82, 2.24) is 5.32 Å². The van der Waals surface area contributed by atoms with Crippen molar-refractivity contribution >= 4 is 27.8 Å². The largest absolute Gasteiger partial charge is 0.481 e. The predicted molar refractivity (Wildman–Crippen MR) is 72.4 cm³/mol. The number of hydrogen-bond acceptors (Lipinski definition) is 2. The first-order valence-electron chi connectivity index (χ1n) is 5.87. The van der Waals surface area contributed by atoms with Crippen LogP contribution >= 0.6 is 15.9 Å². The predicted octanol–water partition coefficient (Wildman–Crippen LogP) is 2.96. The Morgan fingerprint density at radius 1 is 1.35 bits per heavy atom. The summed E-state index contributed by atoms with van der Waals surface area (Å²) in [6, 6.07) is 1.93. The van der Waals surface area contributed by atoms with Crippen LogP contribution < -0.4 is 5.32 Å². The van der Waals surface area contributed by atoms with Gasteiger partial charge in [-0.3, -0.25) is 9.59 Å². The molecule has 0 bridgehead atoms. The van der Waals surface area contributed by atoms with Crippen LogP contribution in [0.15, 0.2) is 16.6 Å². The average Bonchev–Trinajstić information content (AvgIpc) is 2.34. The van der Waals surface area contributed by atoms with E-state index in [2.05, 4.69) is 21.2 Å². The standard InChI is InChI=1S/C13H14BrF2NO3/c1-3-13(2,12(19)20)6-17-11(18)10-8(15)4-7(14)5-9(10)16/h4-5H,3,6H2,1-2H3,(H,17,18)(H,19,20). The number of hydrogen-bond donors (Lipinski definition) is 2. The molecule has 0 aliphatic carbocycles. The third-order valence-corrected chi connectivity index (χ3v) is 3.63. The number of benzene rings is 1. The minimum absolute atomic E-state index is 0.174. The first-order chi connectivity index (χ1) is 9.21. The second-order valence-corrected chi connectivity index (χ2v) is 5.56. The number of rotatable bonds is 5. The van der Waals surface area contributed by atoms with Gasteiger partial charge in [-0.15, -0.1) is 0 Å². The van der Waals surface area contributed by atoms with Gasteiger partial charge in [-0.1, -0.05) is 22.9 Å². The Labute approximate surface area is 123 Å². The van der Waals surface area contributed by atoms with Crippen molar-refractivity contribution in [2.75, 3.05) is 6.54 Å². The quantitative estimate of drug-likeness (QED) is 0.858. The first-order valence-corrected chi connectivity index (χ1v) is 6.66. The van der Waals surface area contributed by atoms with Crippen LogP contribution in [-0.4, -0.2) is 23.5 Å². The molecule has 0 heterocycles. The maximum absolute atomic E-state index is 13.6. The lowest BCUT2D eigenvalue weighted by atomic mass is 9.87. The number of amides is 1. The van der Waals surface area contributed by atoms with E-state index in [-0.39, 0.29) is 17.4 Å². The van der Waals surface area contributed by atoms with Gasteiger partial charge in [-0.2, -0.15) is 0 Å². The number of halogens is 3. The van der Waals surface area contributed by atoms with Crippen molar-refractivity contribution < 1.29 is 23.5 Å². The molecule has 0 spiro atoms. The van der Waals surface area contributed by atoms with Crippen LogP contribution in [0.4, 0.5) is 8.78 Å². The monoisotopic (exact) mass is 349 g/mol. The van der Waals surface area contributed by atoms with Crippen LogP contribution in [-0.2, 0) is 4.79 Å². The van der Waals surface area contributed by atoms with Crippen LogP contribution in [0.2, 0.25) is 0 Å². The minimum atomic E-state index is -1.18. The van der Waals surface area contributed by atoms with Gasteiger partial charge in [-0.05, 0) is 25.5 Å². The Hall–Kier alpha value is -1.50. The molecule has 0 radical (unpaired) electrons. The highest BCUT2D eigenvalue weighted by atomic mass is 79.9. The summed E-state index contributed by atoms with van der Waals surface area (Å²) in [5.74, 6) is -4.09. The molecule has 1 atom stereocenters. The van der Waals surface area contributed by atoms with Crippen LogP contribution in [0.3, 0.4) is 0 Å². The highest BCUT2D eigenvalue weighted by Crippen LogP contribution is 2.22. The first kappa shape index (κ1) is 16.6. The fourth-order valence-electron chi connectivity index (χ4n) is 1.47. The zero-order chi connectivity index (χ0) is 15.5. The maximum Gasteiger partial charge on any atom is 0.311 e. The molecule has 0 saturated carbocycles. The van der Waals surface area contributed by atoms with Crippen LogP contribution in [0.25, 0.3) is 0 Å². The zero-order valence-corrected chi connectivity index (χ0v) is 12.6. The number of carbonyl (C=O) groups excluding carboxylic acids is 1. The highest BCUT2D eigenvalue weighted by Gasteiger charge is 2.32. The van der Waals surface area contributed by atoms with E-state index in [1.807, 2.05) is 0 Å². The molecule has 0 aliphatic rings. The normalized spacial score (nSPS) is 13.7. The third kappa shape index (κ3) is 3.53. The number of aliphatic carboxylic acids is 1. The van der Waals surface area contributed by atoms with E-state index in [1.54, 1.807) is 6.92 Å². The lowest BCUT2D eigenvalue weighted by Crippen LogP contribution is -2.41. The Balaban J connectivity index is 2.91. The molecule has 4 nitrogen and oxygen atoms in total. The van der Waals surface area contributed by atoms with E-state index in [0.29, 0.717) is 0 Å². The average molecular weight is 350 g/mol. The maximum atomic E-state index is 13.6. The van der Waals surface area contributed by atoms with E-state index in [1.165, 1.54) is 6.92 Å². The number of carboxylic acids is 1. The molecule has 0 saturated heterocycles. The Morgan fingerprint density at radius 3 is 2.25 bits per heavy atom. The molecule has 110 valence electrons. The van der Waals surface area contributed by atoms with Crippen molar-refractivity contribution in [2.24, 2.45) is 5.41 Å². The van der Waals surface area contributed by atoms with Gasteiger partial charge in [0.15, 0.2) is 0 Å². The fourth-order valence-corrected chi connectivity index (χ4v) is 1.88. The molecule has 2 N–H and O–H groups in total. The molecule has 1 amide bonds. The Bertz CT molecular complexity index is 527. The van der Waals surface area contributed by atoms with Gasteiger partial charge in [0.25, 0.3) is 5.91 Å². The molecule has 1 aromatic carbocycles. The molecule has 1 aromatic rings. The number of carbonyl (C=O) groups is 2. The lowest BCUT2D eigenvalue weighted by molar-refractivity contribution is -0.147. The zero-order valence-electron chi connectivity index (χ0n) is 11.0. The van der Waals surface area contributed by atoms with Gasteiger partial charge < -0.3 is 10.4 Å². The van der Waals surface area contributed by atoms with Gasteiger partial charge in [0.2, 0.25) is 0 Å². The smallest absolute Gasteiger partial charge is 0.311 e. The molecular formula is C13H14BrF2NO3. The summed E-state index contributed by atoms with van der Waals surface area (Å²) < 4.78 is 27.3. The van der Waals surface area contributed by atoms with E-state index in [9.17, 15) is 18.4 Å². The van der Waals surface area contributed by atoms with Crippen molar-refractivity contribution in [3.8, 4) is 0 Å². The molecule has 0 aromatic heterocycles. The van der Waals surface area contributed by atoms with E-state index >= 15 is 0 Å². The molecular weight excluding hydrogens is 336 g/mol. The summed E-state index contributed by atoms with van der Waals surface area (Å²) in [6.45, 7) is 2.89. The second kappa shape index (κ2) is 6.30. The van der Waals surface area contributed by atoms with Gasteiger partial charge >= 0.3 is 5.97 Å². The third-order valence-electron chi connectivity index (χ3n) is 3.17. The molecule has 1 unspecified atom stereocenters. The van der Waals surface area contributed by atoms with Gasteiger partial charge in [0.1, 0.15) is 17.2 Å². The minimum Gasteiger partial charge on any atom is -0.481 e. The molecule has 0 fully saturated rings. The highest BCUT2D eigenvalue weighted by molar-refractivity contribution is 9.10. The van der Waals surface area contributed by atoms with E-state index in [0.717, 1.165) is 12.1 Å². The lowest BCUT2D eigenvalue weighted by Gasteiger charge is -2.23. The van der Waals surface area contributed by atoms with Crippen LogP contribution in [0, 0.1) is 17.0 Å².